The summed E-state index contributed by atoms with van der Waals surface area (Å²) in [5.41, 5.74) is 12.5. The third-order valence-electron chi connectivity index (χ3n) is 6.82. The summed E-state index contributed by atoms with van der Waals surface area (Å²) < 4.78 is 3.22. The number of halogens is 1. The Morgan fingerprint density at radius 1 is 0.872 bits per heavy atom. The lowest BCUT2D eigenvalue weighted by molar-refractivity contribution is -0.384. The van der Waals surface area contributed by atoms with Gasteiger partial charge < -0.3 is 11.1 Å². The first-order valence-corrected chi connectivity index (χ1v) is 17.5. The molecule has 3 N–H and O–H groups in total. The van der Waals surface area contributed by atoms with Crippen molar-refractivity contribution in [2.45, 2.75) is 57.0 Å². The van der Waals surface area contributed by atoms with E-state index < -0.39 is 4.92 Å². The molecule has 0 bridgehead atoms. The van der Waals surface area contributed by atoms with Crippen molar-refractivity contribution in [1.82, 2.24) is 39.2 Å². The molecule has 0 saturated carbocycles. The number of non-ortho nitro benzene ring substituents is 1. The van der Waals surface area contributed by atoms with Gasteiger partial charge in [-0.1, -0.05) is 79.3 Å². The largest absolute Gasteiger partial charge is 0.350 e. The van der Waals surface area contributed by atoms with Gasteiger partial charge in [-0.25, -0.2) is 9.97 Å². The number of anilines is 1. The van der Waals surface area contributed by atoms with E-state index >= 15 is 0 Å². The SMILES string of the molecule is CCc1cnn2c(Cl)nc(SC)nc12.CCc1cnn2c(NCc3cccc([N+](=O)[O-])c3)nc(SC)nc12.Cc1cccc(CN)c1. The molecular formula is C31H36ClN11O2S2. The monoisotopic (exact) mass is 693 g/mol. The molecule has 0 amide bonds. The summed E-state index contributed by atoms with van der Waals surface area (Å²) in [7, 11) is 0. The highest BCUT2D eigenvalue weighted by atomic mass is 35.5. The molecule has 4 aromatic heterocycles. The molecule has 0 aliphatic rings. The van der Waals surface area contributed by atoms with Crippen LogP contribution in [0.2, 0.25) is 5.28 Å². The van der Waals surface area contributed by atoms with E-state index in [0.29, 0.717) is 34.6 Å². The van der Waals surface area contributed by atoms with Crippen LogP contribution in [0.15, 0.2) is 71.2 Å². The average Bonchev–Trinajstić information content (AvgIpc) is 3.72. The van der Waals surface area contributed by atoms with E-state index in [-0.39, 0.29) is 5.69 Å². The van der Waals surface area contributed by atoms with Crippen molar-refractivity contribution in [1.29, 1.82) is 0 Å². The van der Waals surface area contributed by atoms with Crippen LogP contribution in [0.5, 0.6) is 0 Å². The highest BCUT2D eigenvalue weighted by molar-refractivity contribution is 7.98. The number of rotatable bonds is 9. The molecule has 4 heterocycles. The second-order valence-electron chi connectivity index (χ2n) is 10.0. The van der Waals surface area contributed by atoms with Crippen molar-refractivity contribution >= 4 is 58.1 Å². The molecule has 0 unspecified atom stereocenters. The lowest BCUT2D eigenvalue weighted by Crippen LogP contribution is -2.09. The molecule has 0 fully saturated rings. The number of hydrogen-bond donors (Lipinski definition) is 2. The van der Waals surface area contributed by atoms with E-state index in [1.807, 2.05) is 37.6 Å². The molecule has 6 aromatic rings. The second kappa shape index (κ2) is 17.0. The summed E-state index contributed by atoms with van der Waals surface area (Å²) in [5.74, 6) is 0.565. The number of nitrogens with two attached hydrogens (primary N) is 1. The Balaban J connectivity index is 0.000000182. The van der Waals surface area contributed by atoms with Crippen molar-refractivity contribution in [2.75, 3.05) is 17.8 Å². The summed E-state index contributed by atoms with van der Waals surface area (Å²) >= 11 is 8.88. The van der Waals surface area contributed by atoms with Crippen LogP contribution in [0.4, 0.5) is 11.6 Å². The first-order chi connectivity index (χ1) is 22.7. The van der Waals surface area contributed by atoms with E-state index in [1.54, 1.807) is 33.6 Å². The van der Waals surface area contributed by atoms with Crippen LogP contribution < -0.4 is 11.1 Å². The number of hydrogen-bond acceptors (Lipinski definition) is 12. The van der Waals surface area contributed by atoms with Crippen molar-refractivity contribution in [3.05, 3.63) is 104 Å². The first-order valence-electron chi connectivity index (χ1n) is 14.7. The van der Waals surface area contributed by atoms with Crippen LogP contribution in [0, 0.1) is 17.0 Å². The standard InChI is InChI=1S/C15H16N6O2S.C8H9ClN4S.C8H11N/c1-3-11-9-17-20-13(11)18-15(24-2)19-14(20)16-8-10-5-4-6-12(7-10)21(22)23;1-3-5-4-10-13-6(5)11-8(14-2)12-7(13)9;1-7-3-2-4-8(5-7)6-9/h4-7,9H,3,8H2,1-2H3,(H,16,18,19);4H,3H2,1-2H3;2-5H,6,9H2,1H3. The summed E-state index contributed by atoms with van der Waals surface area (Å²) in [5, 5.41) is 24.2. The molecule has 16 heteroatoms. The minimum Gasteiger partial charge on any atom is -0.350 e. The normalized spacial score (nSPS) is 10.7. The van der Waals surface area contributed by atoms with Crippen molar-refractivity contribution in [3.63, 3.8) is 0 Å². The zero-order valence-electron chi connectivity index (χ0n) is 26.7. The fourth-order valence-electron chi connectivity index (χ4n) is 4.37. The maximum absolute atomic E-state index is 10.9. The number of aromatic nitrogens is 8. The van der Waals surface area contributed by atoms with E-state index in [0.717, 1.165) is 40.8 Å². The fourth-order valence-corrected chi connectivity index (χ4v) is 5.34. The molecule has 0 saturated heterocycles. The van der Waals surface area contributed by atoms with Crippen LogP contribution in [0.3, 0.4) is 0 Å². The van der Waals surface area contributed by atoms with Gasteiger partial charge in [-0.3, -0.25) is 10.1 Å². The van der Waals surface area contributed by atoms with Crippen LogP contribution in [-0.2, 0) is 25.9 Å². The van der Waals surface area contributed by atoms with Crippen LogP contribution >= 0.6 is 35.1 Å². The third kappa shape index (κ3) is 9.16. The fraction of sp³-hybridized carbons (Fsp3) is 0.290. The number of nitro groups is 1. The molecule has 6 rings (SSSR count). The molecule has 13 nitrogen and oxygen atoms in total. The predicted molar refractivity (Wildman–Crippen MR) is 188 cm³/mol. The lowest BCUT2D eigenvalue weighted by atomic mass is 10.1. The van der Waals surface area contributed by atoms with Gasteiger partial charge in [0.05, 0.1) is 17.3 Å². The number of aryl methyl sites for hydroxylation is 3. The van der Waals surface area contributed by atoms with Gasteiger partial charge in [0, 0.05) is 36.3 Å². The molecule has 0 aliphatic heterocycles. The number of nitrogens with zero attached hydrogens (tertiary/aromatic N) is 9. The Morgan fingerprint density at radius 2 is 1.47 bits per heavy atom. The van der Waals surface area contributed by atoms with Crippen molar-refractivity contribution in [3.8, 4) is 0 Å². The minimum absolute atomic E-state index is 0.0688. The minimum atomic E-state index is -0.404. The van der Waals surface area contributed by atoms with Gasteiger partial charge in [0.15, 0.2) is 21.6 Å². The van der Waals surface area contributed by atoms with E-state index in [2.05, 4.69) is 61.4 Å². The zero-order valence-corrected chi connectivity index (χ0v) is 29.1. The highest BCUT2D eigenvalue weighted by Gasteiger charge is 2.13. The average molecular weight is 694 g/mol. The molecule has 246 valence electrons. The van der Waals surface area contributed by atoms with E-state index in [9.17, 15) is 10.1 Å². The second-order valence-corrected chi connectivity index (χ2v) is 11.9. The molecule has 0 spiro atoms. The Hall–Kier alpha value is -4.31. The van der Waals surface area contributed by atoms with Gasteiger partial charge in [-0.15, -0.1) is 0 Å². The van der Waals surface area contributed by atoms with Gasteiger partial charge in [0.1, 0.15) is 0 Å². The number of thioether (sulfide) groups is 2. The quantitative estimate of drug-likeness (QED) is 0.0967. The number of benzene rings is 2. The van der Waals surface area contributed by atoms with Gasteiger partial charge >= 0.3 is 0 Å². The lowest BCUT2D eigenvalue weighted by Gasteiger charge is -2.09. The van der Waals surface area contributed by atoms with Gasteiger partial charge in [0.25, 0.3) is 5.69 Å². The van der Waals surface area contributed by atoms with Crippen LogP contribution in [0.25, 0.3) is 11.3 Å². The molecule has 0 radical (unpaired) electrons. The van der Waals surface area contributed by atoms with Gasteiger partial charge in [0.2, 0.25) is 11.2 Å². The predicted octanol–water partition coefficient (Wildman–Crippen LogP) is 6.44. The first kappa shape index (κ1) is 35.5. The Bertz CT molecular complexity index is 1970. The Morgan fingerprint density at radius 3 is 2.04 bits per heavy atom. The topological polar surface area (TPSA) is 167 Å². The number of nitrogens with one attached hydrogen (secondary N) is 1. The van der Waals surface area contributed by atoms with Crippen molar-refractivity contribution in [2.24, 2.45) is 5.73 Å². The van der Waals surface area contributed by atoms with Crippen molar-refractivity contribution < 1.29 is 4.92 Å². The number of nitro benzene ring substituents is 1. The molecule has 0 atom stereocenters. The van der Waals surface area contributed by atoms with Crippen LogP contribution in [0.1, 0.15) is 41.7 Å². The maximum Gasteiger partial charge on any atom is 0.269 e. The molecular weight excluding hydrogens is 658 g/mol. The molecule has 47 heavy (non-hydrogen) atoms. The third-order valence-corrected chi connectivity index (χ3v) is 8.16. The van der Waals surface area contributed by atoms with Crippen LogP contribution in [-0.4, -0.2) is 56.6 Å². The summed E-state index contributed by atoms with van der Waals surface area (Å²) in [6.45, 7) is 7.23. The smallest absolute Gasteiger partial charge is 0.269 e. The zero-order chi connectivity index (χ0) is 33.9. The van der Waals surface area contributed by atoms with E-state index in [4.69, 9.17) is 17.3 Å². The molecule has 2 aromatic carbocycles. The van der Waals surface area contributed by atoms with Gasteiger partial charge in [-0.05, 0) is 55.0 Å². The Kier molecular flexibility index (Phi) is 12.9. The maximum atomic E-state index is 10.9. The van der Waals surface area contributed by atoms with E-state index in [1.165, 1.54) is 40.7 Å². The number of fused-ring (bicyclic) bond motifs is 2. The molecule has 0 aliphatic carbocycles. The summed E-state index contributed by atoms with van der Waals surface area (Å²) in [4.78, 5) is 27.9. The van der Waals surface area contributed by atoms with Gasteiger partial charge in [-0.2, -0.15) is 29.2 Å². The highest BCUT2D eigenvalue weighted by Crippen LogP contribution is 2.20. The summed E-state index contributed by atoms with van der Waals surface area (Å²) in [6.07, 6.45) is 9.12. The Labute approximate surface area is 285 Å². The summed E-state index contributed by atoms with van der Waals surface area (Å²) in [6, 6.07) is 14.7.